The summed E-state index contributed by atoms with van der Waals surface area (Å²) in [4.78, 5) is 0. The lowest BCUT2D eigenvalue weighted by Gasteiger charge is -2.12. The number of benzene rings is 2. The summed E-state index contributed by atoms with van der Waals surface area (Å²) < 4.78 is 13.1. The minimum Gasteiger partial charge on any atom is -0.237 e. The van der Waals surface area contributed by atoms with Crippen LogP contribution >= 0.6 is 0 Å². The normalized spacial score (nSPS) is 12.8. The molecule has 0 amide bonds. The average Bonchev–Trinajstić information content (AvgIpc) is 2.42. The van der Waals surface area contributed by atoms with Crippen LogP contribution < -0.4 is 0 Å². The van der Waals surface area contributed by atoms with E-state index in [2.05, 4.69) is 19.1 Å². The molecule has 1 atom stereocenters. The van der Waals surface area contributed by atoms with E-state index in [-0.39, 0.29) is 12.4 Å². The van der Waals surface area contributed by atoms with E-state index in [9.17, 15) is 9.50 Å². The Hall–Kier alpha value is -1.41. The Kier molecular flexibility index (Phi) is 4.92. The van der Waals surface area contributed by atoms with Gasteiger partial charge in [-0.3, -0.25) is 0 Å². The predicted molar refractivity (Wildman–Crippen MR) is 76.3 cm³/mol. The van der Waals surface area contributed by atoms with Gasteiger partial charge in [-0.1, -0.05) is 44.0 Å². The molecule has 2 aromatic carbocycles. The SMILES string of the molecule is CC(CCCCC[O])c1ccc2cc(F)ccc2c1. The minimum absolute atomic E-state index is 0.0376. The van der Waals surface area contributed by atoms with Crippen LogP contribution in [0.25, 0.3) is 10.8 Å². The molecule has 2 heteroatoms. The first-order valence-electron chi connectivity index (χ1n) is 6.98. The quantitative estimate of drug-likeness (QED) is 0.645. The van der Waals surface area contributed by atoms with Crippen molar-refractivity contribution < 1.29 is 9.50 Å². The largest absolute Gasteiger partial charge is 0.237 e. The van der Waals surface area contributed by atoms with Crippen molar-refractivity contribution in [1.82, 2.24) is 0 Å². The number of fused-ring (bicyclic) bond motifs is 1. The van der Waals surface area contributed by atoms with Crippen LogP contribution in [0.15, 0.2) is 36.4 Å². The molecule has 0 saturated heterocycles. The molecule has 1 radical (unpaired) electrons. The van der Waals surface area contributed by atoms with Crippen LogP contribution in [-0.2, 0) is 5.11 Å². The number of halogens is 1. The lowest BCUT2D eigenvalue weighted by atomic mass is 9.93. The van der Waals surface area contributed by atoms with Crippen molar-refractivity contribution in [3.63, 3.8) is 0 Å². The van der Waals surface area contributed by atoms with Crippen LogP contribution in [0.5, 0.6) is 0 Å². The molecule has 0 spiro atoms. The van der Waals surface area contributed by atoms with E-state index in [1.807, 2.05) is 12.1 Å². The number of unbranched alkanes of at least 4 members (excludes halogenated alkanes) is 2. The number of hydrogen-bond donors (Lipinski definition) is 0. The Balaban J connectivity index is 2.05. The van der Waals surface area contributed by atoms with Gasteiger partial charge in [-0.25, -0.2) is 9.50 Å². The summed E-state index contributed by atoms with van der Waals surface area (Å²) in [6.45, 7) is 2.25. The Labute approximate surface area is 114 Å². The third-order valence-corrected chi connectivity index (χ3v) is 3.68. The summed E-state index contributed by atoms with van der Waals surface area (Å²) in [5.74, 6) is 0.298. The van der Waals surface area contributed by atoms with E-state index in [1.54, 1.807) is 6.07 Å². The maximum Gasteiger partial charge on any atom is 0.123 e. The smallest absolute Gasteiger partial charge is 0.123 e. The Morgan fingerprint density at radius 1 is 1.00 bits per heavy atom. The Morgan fingerprint density at radius 3 is 2.53 bits per heavy atom. The van der Waals surface area contributed by atoms with Crippen molar-refractivity contribution in [2.75, 3.05) is 6.61 Å². The highest BCUT2D eigenvalue weighted by Crippen LogP contribution is 2.26. The van der Waals surface area contributed by atoms with Crippen molar-refractivity contribution in [2.45, 2.75) is 38.5 Å². The van der Waals surface area contributed by atoms with Crippen molar-refractivity contribution in [3.8, 4) is 0 Å². The molecule has 2 aromatic rings. The Bertz CT molecular complexity index is 536. The maximum absolute atomic E-state index is 13.1. The van der Waals surface area contributed by atoms with E-state index in [0.29, 0.717) is 5.92 Å². The number of hydrogen-bond acceptors (Lipinski definition) is 0. The van der Waals surface area contributed by atoms with Gasteiger partial charge in [0.15, 0.2) is 0 Å². The van der Waals surface area contributed by atoms with Gasteiger partial charge in [-0.15, -0.1) is 0 Å². The van der Waals surface area contributed by atoms with Gasteiger partial charge in [-0.05, 0) is 47.2 Å². The summed E-state index contributed by atoms with van der Waals surface area (Å²) in [5, 5.41) is 12.4. The van der Waals surface area contributed by atoms with E-state index < -0.39 is 0 Å². The third-order valence-electron chi connectivity index (χ3n) is 3.68. The molecule has 0 N–H and O–H groups in total. The second kappa shape index (κ2) is 6.67. The fraction of sp³-hybridized carbons (Fsp3) is 0.412. The molecule has 0 aliphatic carbocycles. The van der Waals surface area contributed by atoms with Crippen LogP contribution in [0.4, 0.5) is 4.39 Å². The lowest BCUT2D eigenvalue weighted by molar-refractivity contribution is 0.185. The first-order chi connectivity index (χ1) is 9.20. The minimum atomic E-state index is -0.189. The predicted octanol–water partition coefficient (Wildman–Crippen LogP) is 5.07. The van der Waals surface area contributed by atoms with Gasteiger partial charge in [0.2, 0.25) is 0 Å². The molecule has 1 nitrogen and oxygen atoms in total. The van der Waals surface area contributed by atoms with Crippen molar-refractivity contribution in [3.05, 3.63) is 47.8 Å². The monoisotopic (exact) mass is 259 g/mol. The number of rotatable bonds is 6. The molecule has 0 bridgehead atoms. The molecule has 2 rings (SSSR count). The second-order valence-electron chi connectivity index (χ2n) is 5.21. The van der Waals surface area contributed by atoms with Gasteiger partial charge in [0.05, 0.1) is 6.61 Å². The molecule has 0 saturated carbocycles. The Morgan fingerprint density at radius 2 is 1.74 bits per heavy atom. The van der Waals surface area contributed by atoms with Gasteiger partial charge >= 0.3 is 0 Å². The fourth-order valence-electron chi connectivity index (χ4n) is 2.44. The third kappa shape index (κ3) is 3.77. The highest BCUT2D eigenvalue weighted by Gasteiger charge is 2.06. The van der Waals surface area contributed by atoms with E-state index in [4.69, 9.17) is 0 Å². The second-order valence-corrected chi connectivity index (χ2v) is 5.21. The van der Waals surface area contributed by atoms with Gasteiger partial charge in [0.1, 0.15) is 5.82 Å². The molecule has 0 aliphatic rings. The summed E-state index contributed by atoms with van der Waals surface area (Å²) in [7, 11) is 0. The zero-order valence-electron chi connectivity index (χ0n) is 11.4. The van der Waals surface area contributed by atoms with E-state index in [0.717, 1.165) is 36.5 Å². The van der Waals surface area contributed by atoms with Crippen LogP contribution in [0.2, 0.25) is 0 Å². The van der Waals surface area contributed by atoms with E-state index >= 15 is 0 Å². The van der Waals surface area contributed by atoms with Crippen LogP contribution in [0, 0.1) is 5.82 Å². The molecular weight excluding hydrogens is 239 g/mol. The first kappa shape index (κ1) is 14.0. The summed E-state index contributed by atoms with van der Waals surface area (Å²) in [6.07, 6.45) is 4.01. The molecule has 0 heterocycles. The standard InChI is InChI=1S/C17H20FO/c1-13(5-3-2-4-10-19)14-6-7-16-12-17(18)9-8-15(16)11-14/h6-9,11-13H,2-5,10H2,1H3. The molecule has 0 fully saturated rings. The zero-order valence-corrected chi connectivity index (χ0v) is 11.4. The maximum atomic E-state index is 13.1. The van der Waals surface area contributed by atoms with Crippen LogP contribution in [0.1, 0.15) is 44.1 Å². The summed E-state index contributed by atoms with van der Waals surface area (Å²) in [6, 6.07) is 11.1. The van der Waals surface area contributed by atoms with E-state index in [1.165, 1.54) is 11.6 Å². The van der Waals surface area contributed by atoms with Gasteiger partial charge in [0, 0.05) is 0 Å². The lowest BCUT2D eigenvalue weighted by Crippen LogP contribution is -1.94. The average molecular weight is 259 g/mol. The molecule has 101 valence electrons. The van der Waals surface area contributed by atoms with Crippen LogP contribution in [-0.4, -0.2) is 6.61 Å². The van der Waals surface area contributed by atoms with Crippen LogP contribution in [0.3, 0.4) is 0 Å². The molecular formula is C17H20FO. The molecule has 19 heavy (non-hydrogen) atoms. The summed E-state index contributed by atoms with van der Waals surface area (Å²) in [5.41, 5.74) is 1.29. The molecule has 0 aliphatic heterocycles. The highest BCUT2D eigenvalue weighted by molar-refractivity contribution is 5.83. The zero-order chi connectivity index (χ0) is 13.7. The molecule has 0 aromatic heterocycles. The van der Waals surface area contributed by atoms with Crippen molar-refractivity contribution >= 4 is 10.8 Å². The fourth-order valence-corrected chi connectivity index (χ4v) is 2.44. The van der Waals surface area contributed by atoms with Crippen molar-refractivity contribution in [1.29, 1.82) is 0 Å². The topological polar surface area (TPSA) is 19.9 Å². The van der Waals surface area contributed by atoms with Gasteiger partial charge in [0.25, 0.3) is 0 Å². The first-order valence-corrected chi connectivity index (χ1v) is 6.98. The molecule has 1 unspecified atom stereocenters. The van der Waals surface area contributed by atoms with Gasteiger partial charge in [-0.2, -0.15) is 0 Å². The van der Waals surface area contributed by atoms with Crippen molar-refractivity contribution in [2.24, 2.45) is 0 Å². The highest BCUT2D eigenvalue weighted by atomic mass is 19.1. The summed E-state index contributed by atoms with van der Waals surface area (Å²) >= 11 is 0. The van der Waals surface area contributed by atoms with Gasteiger partial charge < -0.3 is 0 Å².